The molecular weight excluding hydrogens is 314 g/mol. The molecule has 0 saturated carbocycles. The third-order valence-corrected chi connectivity index (χ3v) is 5.31. The van der Waals surface area contributed by atoms with Crippen molar-refractivity contribution in [2.24, 2.45) is 0 Å². The highest BCUT2D eigenvalue weighted by molar-refractivity contribution is 6.01. The van der Waals surface area contributed by atoms with Gasteiger partial charge in [-0.25, -0.2) is 0 Å². The molecule has 2 aliphatic heterocycles. The van der Waals surface area contributed by atoms with Crippen molar-refractivity contribution in [1.29, 1.82) is 0 Å². The highest BCUT2D eigenvalue weighted by Crippen LogP contribution is 2.41. The number of rotatable bonds is 2. The average Bonchev–Trinajstić information content (AvgIpc) is 2.59. The molecule has 2 aliphatic rings. The van der Waals surface area contributed by atoms with E-state index in [0.717, 1.165) is 16.9 Å². The molecule has 1 amide bonds. The number of fused-ring (bicyclic) bond motifs is 1. The van der Waals surface area contributed by atoms with Crippen LogP contribution < -0.4 is 4.74 Å². The number of piperidine rings is 1. The predicted octanol–water partition coefficient (Wildman–Crippen LogP) is 3.76. The van der Waals surface area contributed by atoms with Gasteiger partial charge in [-0.1, -0.05) is 24.3 Å². The third kappa shape index (κ3) is 3.39. The van der Waals surface area contributed by atoms with Crippen LogP contribution >= 0.6 is 0 Å². The number of ether oxygens (including phenoxy) is 1. The van der Waals surface area contributed by atoms with Crippen LogP contribution in [-0.2, 0) is 4.79 Å². The molecule has 0 aromatic heterocycles. The van der Waals surface area contributed by atoms with E-state index in [1.54, 1.807) is 12.2 Å². The van der Waals surface area contributed by atoms with Crippen molar-refractivity contribution in [3.05, 3.63) is 53.1 Å². The molecule has 1 spiro atoms. The Morgan fingerprint density at radius 1 is 1.20 bits per heavy atom. The van der Waals surface area contributed by atoms with Crippen molar-refractivity contribution in [3.8, 4) is 5.75 Å². The molecule has 1 saturated heterocycles. The van der Waals surface area contributed by atoms with E-state index in [0.29, 0.717) is 37.9 Å². The lowest BCUT2D eigenvalue weighted by Crippen LogP contribution is -2.52. The van der Waals surface area contributed by atoms with Gasteiger partial charge in [0.05, 0.1) is 12.0 Å². The number of Topliss-reactive ketones (excluding diaryl/α,β-unsaturated/α-hetero) is 1. The first-order valence-electron chi connectivity index (χ1n) is 8.86. The summed E-state index contributed by atoms with van der Waals surface area (Å²) in [4.78, 5) is 26.7. The number of likely N-dealkylation sites (tertiary alicyclic amines) is 1. The van der Waals surface area contributed by atoms with Gasteiger partial charge in [-0.3, -0.25) is 9.59 Å². The number of benzene rings is 1. The second-order valence-electron chi connectivity index (χ2n) is 6.98. The monoisotopic (exact) mass is 339 g/mol. The van der Waals surface area contributed by atoms with Gasteiger partial charge in [0.15, 0.2) is 5.78 Å². The van der Waals surface area contributed by atoms with E-state index >= 15 is 0 Å². The maximum atomic E-state index is 12.6. The zero-order valence-electron chi connectivity index (χ0n) is 15.2. The Hall–Kier alpha value is -2.36. The maximum Gasteiger partial charge on any atom is 0.246 e. The van der Waals surface area contributed by atoms with Crippen LogP contribution in [0.15, 0.2) is 36.4 Å². The van der Waals surface area contributed by atoms with E-state index in [4.69, 9.17) is 4.74 Å². The van der Waals surface area contributed by atoms with E-state index in [1.807, 2.05) is 50.0 Å². The van der Waals surface area contributed by atoms with Crippen LogP contribution in [0.1, 0.15) is 47.7 Å². The first-order valence-corrected chi connectivity index (χ1v) is 8.86. The van der Waals surface area contributed by atoms with Crippen LogP contribution in [0.2, 0.25) is 0 Å². The summed E-state index contributed by atoms with van der Waals surface area (Å²) in [6.45, 7) is 7.19. The van der Waals surface area contributed by atoms with Gasteiger partial charge in [-0.2, -0.15) is 0 Å². The molecule has 4 nitrogen and oxygen atoms in total. The number of carbonyl (C=O) groups excluding carboxylic acids is 2. The van der Waals surface area contributed by atoms with Gasteiger partial charge in [-0.05, 0) is 38.0 Å². The fourth-order valence-electron chi connectivity index (χ4n) is 3.55. The summed E-state index contributed by atoms with van der Waals surface area (Å²) >= 11 is 0. The zero-order chi connectivity index (χ0) is 18.0. The number of allylic oxidation sites excluding steroid dienone is 3. The number of aryl methyl sites for hydroxylation is 1. The lowest BCUT2D eigenvalue weighted by molar-refractivity contribution is -0.129. The minimum Gasteiger partial charge on any atom is -0.486 e. The molecule has 0 radical (unpaired) electrons. The summed E-state index contributed by atoms with van der Waals surface area (Å²) in [6, 6.07) is 3.85. The van der Waals surface area contributed by atoms with Gasteiger partial charge in [0.2, 0.25) is 5.91 Å². The minimum atomic E-state index is -0.466. The van der Waals surface area contributed by atoms with Crippen LogP contribution in [0.4, 0.5) is 0 Å². The first kappa shape index (κ1) is 17.5. The number of hydrogen-bond acceptors (Lipinski definition) is 3. The summed E-state index contributed by atoms with van der Waals surface area (Å²) in [5.74, 6) is 0.906. The lowest BCUT2D eigenvalue weighted by Gasteiger charge is -2.44. The van der Waals surface area contributed by atoms with E-state index in [2.05, 4.69) is 0 Å². The quantitative estimate of drug-likeness (QED) is 0.609. The molecule has 0 N–H and O–H groups in total. The zero-order valence-corrected chi connectivity index (χ0v) is 15.2. The second kappa shape index (κ2) is 6.87. The van der Waals surface area contributed by atoms with E-state index in [9.17, 15) is 9.59 Å². The number of hydrogen-bond donors (Lipinski definition) is 0. The maximum absolute atomic E-state index is 12.6. The molecule has 0 unspecified atom stereocenters. The van der Waals surface area contributed by atoms with Crippen LogP contribution in [0.25, 0.3) is 0 Å². The average molecular weight is 339 g/mol. The Bertz CT molecular complexity index is 753. The van der Waals surface area contributed by atoms with Crippen molar-refractivity contribution in [1.82, 2.24) is 4.90 Å². The van der Waals surface area contributed by atoms with Gasteiger partial charge < -0.3 is 9.64 Å². The standard InChI is InChI=1S/C21H25NO3/c1-4-5-6-7-19(24)22-12-10-21(11-13-22)14-18(23)17-9-8-15(2)16(3)20(17)25-21/h4-9H,10-14H2,1-3H3/b5-4+,7-6+. The molecule has 0 bridgehead atoms. The van der Waals surface area contributed by atoms with Crippen molar-refractivity contribution in [2.75, 3.05) is 13.1 Å². The Labute approximate surface area is 149 Å². The Morgan fingerprint density at radius 2 is 1.92 bits per heavy atom. The molecule has 132 valence electrons. The SMILES string of the molecule is C/C=C/C=C/C(=O)N1CCC2(CC1)CC(=O)c1ccc(C)c(C)c1O2. The smallest absolute Gasteiger partial charge is 0.246 e. The minimum absolute atomic E-state index is 0.0162. The molecule has 1 fully saturated rings. The highest BCUT2D eigenvalue weighted by Gasteiger charge is 2.44. The van der Waals surface area contributed by atoms with Crippen molar-refractivity contribution in [3.63, 3.8) is 0 Å². The number of amides is 1. The molecular formula is C21H25NO3. The molecule has 2 heterocycles. The molecule has 3 rings (SSSR count). The largest absolute Gasteiger partial charge is 0.486 e. The molecule has 4 heteroatoms. The summed E-state index contributed by atoms with van der Waals surface area (Å²) in [5, 5.41) is 0. The van der Waals surface area contributed by atoms with Crippen LogP contribution in [0.3, 0.4) is 0 Å². The van der Waals surface area contributed by atoms with Gasteiger partial charge in [0.25, 0.3) is 0 Å². The molecule has 0 aliphatic carbocycles. The van der Waals surface area contributed by atoms with E-state index in [-0.39, 0.29) is 11.7 Å². The normalized spacial score (nSPS) is 19.5. The Morgan fingerprint density at radius 3 is 2.60 bits per heavy atom. The highest BCUT2D eigenvalue weighted by atomic mass is 16.5. The molecule has 25 heavy (non-hydrogen) atoms. The summed E-state index contributed by atoms with van der Waals surface area (Å²) in [6.07, 6.45) is 8.86. The Balaban J connectivity index is 1.74. The Kier molecular flexibility index (Phi) is 4.80. The first-order chi connectivity index (χ1) is 12.0. The number of ketones is 1. The van der Waals surface area contributed by atoms with Crippen LogP contribution in [0.5, 0.6) is 5.75 Å². The van der Waals surface area contributed by atoms with Crippen molar-refractivity contribution in [2.45, 2.75) is 45.6 Å². The molecule has 1 aromatic rings. The number of carbonyl (C=O) groups is 2. The van der Waals surface area contributed by atoms with Crippen LogP contribution in [0, 0.1) is 13.8 Å². The second-order valence-corrected chi connectivity index (χ2v) is 6.98. The summed E-state index contributed by atoms with van der Waals surface area (Å²) in [5.41, 5.74) is 2.40. The van der Waals surface area contributed by atoms with Gasteiger partial charge in [-0.15, -0.1) is 0 Å². The predicted molar refractivity (Wildman–Crippen MR) is 98.0 cm³/mol. The van der Waals surface area contributed by atoms with Crippen LogP contribution in [-0.4, -0.2) is 35.3 Å². The van der Waals surface area contributed by atoms with Crippen molar-refractivity contribution >= 4 is 11.7 Å². The topological polar surface area (TPSA) is 46.6 Å². The third-order valence-electron chi connectivity index (χ3n) is 5.31. The fraction of sp³-hybridized carbons (Fsp3) is 0.429. The number of nitrogens with zero attached hydrogens (tertiary/aromatic N) is 1. The van der Waals surface area contributed by atoms with Gasteiger partial charge >= 0.3 is 0 Å². The van der Waals surface area contributed by atoms with E-state index in [1.165, 1.54) is 0 Å². The summed E-state index contributed by atoms with van der Waals surface area (Å²) in [7, 11) is 0. The van der Waals surface area contributed by atoms with Gasteiger partial charge in [0.1, 0.15) is 11.4 Å². The van der Waals surface area contributed by atoms with Crippen molar-refractivity contribution < 1.29 is 14.3 Å². The molecule has 0 atom stereocenters. The lowest BCUT2D eigenvalue weighted by atomic mass is 9.81. The van der Waals surface area contributed by atoms with E-state index < -0.39 is 5.60 Å². The van der Waals surface area contributed by atoms with Gasteiger partial charge in [0, 0.05) is 32.0 Å². The fourth-order valence-corrected chi connectivity index (χ4v) is 3.55. The summed E-state index contributed by atoms with van der Waals surface area (Å²) < 4.78 is 6.38. The molecule has 1 aromatic carbocycles.